The largest absolute Gasteiger partial charge is 0.450 e. The first-order chi connectivity index (χ1) is 14.1. The fourth-order valence-corrected chi connectivity index (χ4v) is 5.19. The minimum absolute atomic E-state index is 0.0334. The van der Waals surface area contributed by atoms with E-state index < -0.39 is 17.8 Å². The molecule has 1 heterocycles. The Morgan fingerprint density at radius 2 is 2.03 bits per heavy atom. The zero-order valence-corrected chi connectivity index (χ0v) is 17.2. The van der Waals surface area contributed by atoms with Gasteiger partial charge in [-0.2, -0.15) is 13.2 Å². The molecule has 0 unspecified atom stereocenters. The monoisotopic (exact) mass is 424 g/mol. The van der Waals surface area contributed by atoms with Crippen molar-refractivity contribution in [1.82, 2.24) is 10.2 Å². The first kappa shape index (κ1) is 21.0. The summed E-state index contributed by atoms with van der Waals surface area (Å²) in [5.74, 6) is 0.247. The van der Waals surface area contributed by atoms with Crippen LogP contribution >= 0.6 is 0 Å². The van der Waals surface area contributed by atoms with E-state index in [1.165, 1.54) is 12.1 Å². The van der Waals surface area contributed by atoms with Gasteiger partial charge in [0.15, 0.2) is 0 Å². The molecule has 3 atom stereocenters. The van der Waals surface area contributed by atoms with E-state index in [1.807, 2.05) is 11.8 Å². The smallest absolute Gasteiger partial charge is 0.416 e. The number of carbonyl (C=O) groups excluding carboxylic acids is 2. The van der Waals surface area contributed by atoms with E-state index in [9.17, 15) is 22.8 Å². The number of benzene rings is 1. The summed E-state index contributed by atoms with van der Waals surface area (Å²) < 4.78 is 44.1. The predicted octanol–water partition coefficient (Wildman–Crippen LogP) is 4.18. The lowest BCUT2D eigenvalue weighted by atomic mass is 9.79. The molecule has 1 N–H and O–H groups in total. The highest BCUT2D eigenvalue weighted by Gasteiger charge is 2.67. The average Bonchev–Trinajstić information content (AvgIpc) is 3.07. The van der Waals surface area contributed by atoms with Gasteiger partial charge in [-0.1, -0.05) is 32.0 Å². The summed E-state index contributed by atoms with van der Waals surface area (Å²) in [7, 11) is 0. The Balaban J connectivity index is 1.29. The average molecular weight is 424 g/mol. The maximum absolute atomic E-state index is 13.0. The minimum atomic E-state index is -4.35. The first-order valence-electron chi connectivity index (χ1n) is 10.5. The summed E-state index contributed by atoms with van der Waals surface area (Å²) in [6.45, 7) is 5.52. The number of halogens is 3. The lowest BCUT2D eigenvalue weighted by Gasteiger charge is -2.37. The van der Waals surface area contributed by atoms with E-state index in [2.05, 4.69) is 12.2 Å². The summed E-state index contributed by atoms with van der Waals surface area (Å²) >= 11 is 0. The molecule has 5 nitrogen and oxygen atoms in total. The molecule has 1 aromatic rings. The summed E-state index contributed by atoms with van der Waals surface area (Å²) in [6, 6.07) is 5.54. The van der Waals surface area contributed by atoms with Gasteiger partial charge in [0.2, 0.25) is 5.91 Å². The van der Waals surface area contributed by atoms with Crippen molar-refractivity contribution in [2.45, 2.75) is 51.2 Å². The fraction of sp³-hybridized carbons (Fsp3) is 0.636. The fourth-order valence-electron chi connectivity index (χ4n) is 5.19. The van der Waals surface area contributed by atoms with Crippen molar-refractivity contribution in [3.8, 4) is 0 Å². The van der Waals surface area contributed by atoms with E-state index >= 15 is 0 Å². The second-order valence-electron chi connectivity index (χ2n) is 9.08. The van der Waals surface area contributed by atoms with Crippen LogP contribution in [-0.4, -0.2) is 42.6 Å². The maximum Gasteiger partial charge on any atom is 0.416 e. The number of hydrogen-bond donors (Lipinski definition) is 1. The molecular weight excluding hydrogens is 397 g/mol. The van der Waals surface area contributed by atoms with Gasteiger partial charge < -0.3 is 15.0 Å². The molecule has 3 fully saturated rings. The Morgan fingerprint density at radius 3 is 2.63 bits per heavy atom. The lowest BCUT2D eigenvalue weighted by Crippen LogP contribution is -2.50. The van der Waals surface area contributed by atoms with Crippen molar-refractivity contribution < 1.29 is 27.5 Å². The van der Waals surface area contributed by atoms with Crippen LogP contribution in [0.1, 0.15) is 50.2 Å². The molecule has 2 saturated carbocycles. The van der Waals surface area contributed by atoms with Crippen molar-refractivity contribution in [2.24, 2.45) is 17.3 Å². The molecule has 0 radical (unpaired) electrons. The zero-order valence-electron chi connectivity index (χ0n) is 17.2. The molecule has 2 amide bonds. The quantitative estimate of drug-likeness (QED) is 0.772. The van der Waals surface area contributed by atoms with E-state index in [4.69, 9.17) is 4.74 Å². The minimum Gasteiger partial charge on any atom is -0.450 e. The summed E-state index contributed by atoms with van der Waals surface area (Å²) in [4.78, 5) is 26.2. The predicted molar refractivity (Wildman–Crippen MR) is 104 cm³/mol. The molecule has 164 valence electrons. The Labute approximate surface area is 173 Å². The molecule has 0 bridgehead atoms. The number of alkyl halides is 3. The highest BCUT2D eigenvalue weighted by molar-refractivity contribution is 5.81. The number of carbonyl (C=O) groups is 2. The number of alkyl carbamates (subject to hydrolysis) is 1. The van der Waals surface area contributed by atoms with Crippen LogP contribution in [0, 0.1) is 17.3 Å². The van der Waals surface area contributed by atoms with Crippen LogP contribution in [0.4, 0.5) is 18.0 Å². The topological polar surface area (TPSA) is 58.6 Å². The Bertz CT molecular complexity index is 837. The van der Waals surface area contributed by atoms with Gasteiger partial charge >= 0.3 is 12.3 Å². The molecule has 0 aromatic heterocycles. The summed E-state index contributed by atoms with van der Waals surface area (Å²) in [5, 5.41) is 2.77. The molecule has 0 spiro atoms. The normalized spacial score (nSPS) is 32.2. The van der Waals surface area contributed by atoms with E-state index in [0.717, 1.165) is 12.5 Å². The van der Waals surface area contributed by atoms with Crippen molar-refractivity contribution in [3.63, 3.8) is 0 Å². The molecule has 8 heteroatoms. The lowest BCUT2D eigenvalue weighted by molar-refractivity contribution is -0.139. The van der Waals surface area contributed by atoms with Crippen molar-refractivity contribution in [3.05, 3.63) is 35.4 Å². The number of amides is 2. The Morgan fingerprint density at radius 1 is 1.30 bits per heavy atom. The van der Waals surface area contributed by atoms with E-state index in [-0.39, 0.29) is 35.1 Å². The van der Waals surface area contributed by atoms with Crippen molar-refractivity contribution in [2.75, 3.05) is 19.7 Å². The van der Waals surface area contributed by atoms with Crippen LogP contribution in [-0.2, 0) is 15.7 Å². The van der Waals surface area contributed by atoms with Gasteiger partial charge in [-0.25, -0.2) is 4.79 Å². The van der Waals surface area contributed by atoms with Gasteiger partial charge in [-0.3, -0.25) is 4.79 Å². The third kappa shape index (κ3) is 3.76. The molecule has 1 saturated heterocycles. The summed E-state index contributed by atoms with van der Waals surface area (Å²) in [5.41, 5.74) is -0.0690. The number of fused-ring (bicyclic) bond motifs is 1. The highest BCUT2D eigenvalue weighted by atomic mass is 19.4. The second kappa shape index (κ2) is 7.46. The molecule has 30 heavy (non-hydrogen) atoms. The second-order valence-corrected chi connectivity index (χ2v) is 9.08. The molecule has 4 rings (SSSR count). The summed E-state index contributed by atoms with van der Waals surface area (Å²) in [6.07, 6.45) is -2.81. The van der Waals surface area contributed by atoms with Gasteiger partial charge in [-0.05, 0) is 48.1 Å². The number of hydrogen-bond acceptors (Lipinski definition) is 3. The molecule has 2 aliphatic carbocycles. The van der Waals surface area contributed by atoms with Crippen molar-refractivity contribution >= 4 is 12.0 Å². The number of rotatable bonds is 5. The molecule has 1 aromatic carbocycles. The number of nitrogens with one attached hydrogen (secondary N) is 1. The van der Waals surface area contributed by atoms with Crippen LogP contribution < -0.4 is 5.32 Å². The Kier molecular flexibility index (Phi) is 5.22. The van der Waals surface area contributed by atoms with Gasteiger partial charge in [-0.15, -0.1) is 0 Å². The first-order valence-corrected chi connectivity index (χ1v) is 10.5. The molecule has 3 aliphatic rings. The molecule has 1 aliphatic heterocycles. The van der Waals surface area contributed by atoms with Gasteiger partial charge in [0.05, 0.1) is 12.2 Å². The third-order valence-corrected chi connectivity index (χ3v) is 6.93. The SMILES string of the molecule is CCCOC(=O)N[C@H]1C[C@@H](C(=O)N2C[C@H]3[C@H](c4cccc(C(F)(F)F)c4)[C@@]3(C)C2)C1. The van der Waals surface area contributed by atoms with Crippen LogP contribution in [0.5, 0.6) is 0 Å². The van der Waals surface area contributed by atoms with Crippen LogP contribution in [0.15, 0.2) is 24.3 Å². The number of ether oxygens (including phenoxy) is 1. The number of piperidine rings is 1. The number of nitrogens with zero attached hydrogens (tertiary/aromatic N) is 1. The third-order valence-electron chi connectivity index (χ3n) is 6.93. The zero-order chi connectivity index (χ0) is 21.7. The standard InChI is InChI=1S/C22H27F3N2O3/c1-3-7-30-20(29)26-16-9-14(10-16)19(28)27-11-17-18(21(17,2)12-27)13-5-4-6-15(8-13)22(23,24)25/h4-6,8,14,16-18H,3,7,9-12H2,1-2H3,(H,26,29)/t14-,16+,17-,18-,21-/m0/s1. The number of likely N-dealkylation sites (tertiary alicyclic amines) is 1. The van der Waals surface area contributed by atoms with Crippen LogP contribution in [0.25, 0.3) is 0 Å². The Hall–Kier alpha value is -2.25. The van der Waals surface area contributed by atoms with E-state index in [1.54, 1.807) is 6.07 Å². The van der Waals surface area contributed by atoms with Gasteiger partial charge in [0, 0.05) is 25.0 Å². The highest BCUT2D eigenvalue weighted by Crippen LogP contribution is 2.68. The van der Waals surface area contributed by atoms with Gasteiger partial charge in [0.1, 0.15) is 0 Å². The van der Waals surface area contributed by atoms with Crippen LogP contribution in [0.3, 0.4) is 0 Å². The molecular formula is C22H27F3N2O3. The van der Waals surface area contributed by atoms with Gasteiger partial charge in [0.25, 0.3) is 0 Å². The maximum atomic E-state index is 13.0. The van der Waals surface area contributed by atoms with Crippen LogP contribution in [0.2, 0.25) is 0 Å². The van der Waals surface area contributed by atoms with E-state index in [0.29, 0.717) is 38.1 Å². The van der Waals surface area contributed by atoms with Crippen molar-refractivity contribution in [1.29, 1.82) is 0 Å².